The van der Waals surface area contributed by atoms with Crippen molar-refractivity contribution < 1.29 is 17.9 Å². The van der Waals surface area contributed by atoms with Crippen LogP contribution in [0.5, 0.6) is 0 Å². The number of nitrogens with zero attached hydrogens (tertiary/aromatic N) is 2. The van der Waals surface area contributed by atoms with E-state index in [1.54, 1.807) is 12.5 Å². The fourth-order valence-electron chi connectivity index (χ4n) is 2.62. The number of imidazole rings is 1. The van der Waals surface area contributed by atoms with E-state index >= 15 is 0 Å². The average molecular weight is 343 g/mol. The Morgan fingerprint density at radius 3 is 2.83 bits per heavy atom. The van der Waals surface area contributed by atoms with Crippen LogP contribution >= 0.6 is 0 Å². The van der Waals surface area contributed by atoms with E-state index in [2.05, 4.69) is 10.3 Å². The number of carbonyl (C=O) groups is 1. The first-order chi connectivity index (χ1) is 10.6. The third-order valence-corrected chi connectivity index (χ3v) is 5.47. The molecular weight excluding hydrogens is 318 g/mol. The fraction of sp³-hybridized carbons (Fsp3) is 0.733. The quantitative estimate of drug-likeness (QED) is 0.872. The van der Waals surface area contributed by atoms with Crippen LogP contribution in [0.3, 0.4) is 0 Å². The normalized spacial score (nSPS) is 20.4. The molecule has 1 fully saturated rings. The van der Waals surface area contributed by atoms with Gasteiger partial charge in [-0.1, -0.05) is 0 Å². The van der Waals surface area contributed by atoms with Gasteiger partial charge in [0.15, 0.2) is 9.84 Å². The maximum absolute atomic E-state index is 11.6. The lowest BCUT2D eigenvalue weighted by Gasteiger charge is -2.19. The van der Waals surface area contributed by atoms with Gasteiger partial charge < -0.3 is 14.6 Å². The van der Waals surface area contributed by atoms with Gasteiger partial charge in [0.25, 0.3) is 0 Å². The van der Waals surface area contributed by atoms with E-state index < -0.39 is 21.5 Å². The van der Waals surface area contributed by atoms with Crippen molar-refractivity contribution in [3.63, 3.8) is 0 Å². The molecule has 1 aromatic heterocycles. The van der Waals surface area contributed by atoms with Crippen molar-refractivity contribution in [3.8, 4) is 0 Å². The summed E-state index contributed by atoms with van der Waals surface area (Å²) in [6, 6.07) is 0. The molecule has 2 rings (SSSR count). The van der Waals surface area contributed by atoms with E-state index in [9.17, 15) is 13.2 Å². The molecule has 7 nitrogen and oxygen atoms in total. The van der Waals surface area contributed by atoms with Crippen LogP contribution in [-0.2, 0) is 27.5 Å². The predicted octanol–water partition coefficient (Wildman–Crippen LogP) is 1.39. The number of hydrogen-bond donors (Lipinski definition) is 1. The first-order valence-electron chi connectivity index (χ1n) is 7.81. The highest BCUT2D eigenvalue weighted by atomic mass is 32.2. The molecule has 8 heteroatoms. The molecule has 0 saturated carbocycles. The fourth-order valence-corrected chi connectivity index (χ4v) is 4.47. The van der Waals surface area contributed by atoms with Crippen molar-refractivity contribution >= 4 is 15.9 Å². The number of sulfone groups is 1. The molecule has 1 atom stereocenters. The van der Waals surface area contributed by atoms with Crippen LogP contribution in [0.15, 0.2) is 12.5 Å². The number of amides is 1. The minimum Gasteiger partial charge on any atom is -0.444 e. The molecule has 0 aromatic carbocycles. The van der Waals surface area contributed by atoms with E-state index in [4.69, 9.17) is 4.74 Å². The number of carbonyl (C=O) groups excluding carboxylic acids is 1. The average Bonchev–Trinajstić information content (AvgIpc) is 2.95. The largest absolute Gasteiger partial charge is 0.444 e. The Kier molecular flexibility index (Phi) is 5.33. The highest BCUT2D eigenvalue weighted by molar-refractivity contribution is 7.91. The molecule has 1 unspecified atom stereocenters. The van der Waals surface area contributed by atoms with Crippen molar-refractivity contribution in [2.24, 2.45) is 5.92 Å². The van der Waals surface area contributed by atoms with Gasteiger partial charge in [-0.15, -0.1) is 0 Å². The topological polar surface area (TPSA) is 90.3 Å². The summed E-state index contributed by atoms with van der Waals surface area (Å²) < 4.78 is 30.2. The number of aromatic nitrogens is 2. The maximum Gasteiger partial charge on any atom is 0.407 e. The Bertz CT molecular complexity index is 646. The van der Waals surface area contributed by atoms with Gasteiger partial charge >= 0.3 is 6.09 Å². The Labute approximate surface area is 137 Å². The summed E-state index contributed by atoms with van der Waals surface area (Å²) >= 11 is 0. The third-order valence-electron chi connectivity index (χ3n) is 3.63. The van der Waals surface area contributed by atoms with Gasteiger partial charge in [0.1, 0.15) is 5.60 Å². The zero-order chi connectivity index (χ0) is 17.1. The molecule has 0 aliphatic carbocycles. The van der Waals surface area contributed by atoms with Gasteiger partial charge in [0.05, 0.1) is 17.8 Å². The number of alkyl carbamates (subject to hydrolysis) is 1. The van der Waals surface area contributed by atoms with Crippen molar-refractivity contribution in [1.82, 2.24) is 14.9 Å². The van der Waals surface area contributed by atoms with Crippen molar-refractivity contribution in [1.29, 1.82) is 0 Å². The molecule has 130 valence electrons. The van der Waals surface area contributed by atoms with E-state index in [1.807, 2.05) is 25.3 Å². The second-order valence-corrected chi connectivity index (χ2v) is 9.21. The highest BCUT2D eigenvalue weighted by Crippen LogP contribution is 2.20. The van der Waals surface area contributed by atoms with Crippen LogP contribution in [0, 0.1) is 5.92 Å². The second kappa shape index (κ2) is 6.90. The van der Waals surface area contributed by atoms with Crippen LogP contribution in [0.25, 0.3) is 0 Å². The van der Waals surface area contributed by atoms with Crippen molar-refractivity contribution in [3.05, 3.63) is 18.2 Å². The molecule has 1 aliphatic rings. The molecule has 0 spiro atoms. The summed E-state index contributed by atoms with van der Waals surface area (Å²) in [4.78, 5) is 15.7. The zero-order valence-electron chi connectivity index (χ0n) is 13.9. The number of nitrogens with one attached hydrogen (secondary N) is 1. The highest BCUT2D eigenvalue weighted by Gasteiger charge is 2.28. The van der Waals surface area contributed by atoms with Crippen LogP contribution in [0.1, 0.15) is 32.9 Å². The Hall–Kier alpha value is -1.57. The van der Waals surface area contributed by atoms with Crippen LogP contribution in [-0.4, -0.2) is 47.7 Å². The number of hydrogen-bond acceptors (Lipinski definition) is 5. The molecular formula is C15H25N3O4S. The molecule has 1 N–H and O–H groups in total. The van der Waals surface area contributed by atoms with E-state index in [0.717, 1.165) is 5.69 Å². The maximum atomic E-state index is 11.6. The Morgan fingerprint density at radius 1 is 1.48 bits per heavy atom. The van der Waals surface area contributed by atoms with Gasteiger partial charge in [-0.25, -0.2) is 18.2 Å². The summed E-state index contributed by atoms with van der Waals surface area (Å²) in [6.45, 7) is 6.55. The second-order valence-electron chi connectivity index (χ2n) is 6.99. The lowest BCUT2D eigenvalue weighted by Crippen LogP contribution is -2.33. The Balaban J connectivity index is 1.81. The first-order valence-corrected chi connectivity index (χ1v) is 9.63. The molecule has 0 bridgehead atoms. The van der Waals surface area contributed by atoms with Crippen molar-refractivity contribution in [2.45, 2.75) is 45.8 Å². The minimum absolute atomic E-state index is 0.145. The summed E-state index contributed by atoms with van der Waals surface area (Å²) in [5.74, 6) is 0.676. The molecule has 2 heterocycles. The molecule has 23 heavy (non-hydrogen) atoms. The van der Waals surface area contributed by atoms with Crippen LogP contribution in [0.2, 0.25) is 0 Å². The standard InChI is InChI=1S/C15H25N3O4S/c1-15(2,3)22-14(19)17-6-4-13-8-16-11-18(13)9-12-5-7-23(20,21)10-12/h8,11-12H,4-7,9-10H2,1-3H3,(H,17,19). The van der Waals surface area contributed by atoms with E-state index in [-0.39, 0.29) is 17.4 Å². The van der Waals surface area contributed by atoms with E-state index in [1.165, 1.54) is 0 Å². The van der Waals surface area contributed by atoms with Gasteiger partial charge in [-0.3, -0.25) is 0 Å². The first kappa shape index (κ1) is 17.8. The zero-order valence-corrected chi connectivity index (χ0v) is 14.7. The third kappa shape index (κ3) is 5.85. The monoisotopic (exact) mass is 343 g/mol. The lowest BCUT2D eigenvalue weighted by atomic mass is 10.1. The van der Waals surface area contributed by atoms with Gasteiger partial charge in [-0.2, -0.15) is 0 Å². The molecule has 0 radical (unpaired) electrons. The molecule has 1 aromatic rings. The van der Waals surface area contributed by atoms with Gasteiger partial charge in [0, 0.05) is 31.4 Å². The SMILES string of the molecule is CC(C)(C)OC(=O)NCCc1cncn1CC1CCS(=O)(=O)C1. The van der Waals surface area contributed by atoms with Gasteiger partial charge in [-0.05, 0) is 33.1 Å². The summed E-state index contributed by atoms with van der Waals surface area (Å²) in [5.41, 5.74) is 0.463. The molecule has 1 saturated heterocycles. The number of rotatable bonds is 5. The van der Waals surface area contributed by atoms with E-state index in [0.29, 0.717) is 25.9 Å². The van der Waals surface area contributed by atoms with Crippen LogP contribution < -0.4 is 5.32 Å². The molecule has 1 aliphatic heterocycles. The van der Waals surface area contributed by atoms with Gasteiger partial charge in [0.2, 0.25) is 0 Å². The lowest BCUT2D eigenvalue weighted by molar-refractivity contribution is 0.0528. The van der Waals surface area contributed by atoms with Crippen molar-refractivity contribution in [2.75, 3.05) is 18.1 Å². The Morgan fingerprint density at radius 2 is 2.22 bits per heavy atom. The number of ether oxygens (including phenoxy) is 1. The van der Waals surface area contributed by atoms with Crippen LogP contribution in [0.4, 0.5) is 4.79 Å². The summed E-state index contributed by atoms with van der Waals surface area (Å²) in [6.07, 6.45) is 4.36. The minimum atomic E-state index is -2.86. The summed E-state index contributed by atoms with van der Waals surface area (Å²) in [5, 5.41) is 2.71. The predicted molar refractivity (Wildman–Crippen MR) is 86.9 cm³/mol. The molecule has 1 amide bonds. The smallest absolute Gasteiger partial charge is 0.407 e. The summed E-state index contributed by atoms with van der Waals surface area (Å²) in [7, 11) is -2.86.